The lowest BCUT2D eigenvalue weighted by Crippen LogP contribution is -2.41. The third-order valence-corrected chi connectivity index (χ3v) is 7.23. The molecule has 0 aliphatic carbocycles. The number of aryl methyl sites for hydroxylation is 1. The molecule has 0 radical (unpaired) electrons. The molecule has 0 N–H and O–H groups in total. The minimum absolute atomic E-state index is 0.0346. The number of piperidine rings is 1. The lowest BCUT2D eigenvalue weighted by molar-refractivity contribution is -0.119. The zero-order chi connectivity index (χ0) is 24.3. The van der Waals surface area contributed by atoms with E-state index in [1.165, 1.54) is 0 Å². The van der Waals surface area contributed by atoms with Gasteiger partial charge in [0.05, 0.1) is 24.5 Å². The Hall–Kier alpha value is -3.39. The van der Waals surface area contributed by atoms with Crippen molar-refractivity contribution in [2.45, 2.75) is 38.8 Å². The molecule has 2 aromatic heterocycles. The van der Waals surface area contributed by atoms with Gasteiger partial charge >= 0.3 is 0 Å². The quantitative estimate of drug-likeness (QED) is 0.460. The smallest absolute Gasteiger partial charge is 0.251 e. The molecule has 0 atom stereocenters. The second-order valence-electron chi connectivity index (χ2n) is 9.43. The van der Waals surface area contributed by atoms with Crippen molar-refractivity contribution >= 4 is 17.2 Å². The van der Waals surface area contributed by atoms with E-state index >= 15 is 0 Å². The summed E-state index contributed by atoms with van der Waals surface area (Å²) in [5, 5.41) is 0.997. The first-order valence-corrected chi connectivity index (χ1v) is 12.2. The van der Waals surface area contributed by atoms with E-state index in [2.05, 4.69) is 9.88 Å². The van der Waals surface area contributed by atoms with Gasteiger partial charge in [-0.2, -0.15) is 0 Å². The van der Waals surface area contributed by atoms with Crippen LogP contribution in [0.3, 0.4) is 0 Å². The molecule has 0 amide bonds. The molecule has 8 nitrogen and oxygen atoms in total. The number of hydrogen-bond acceptors (Lipinski definition) is 7. The summed E-state index contributed by atoms with van der Waals surface area (Å²) >= 11 is 0. The summed E-state index contributed by atoms with van der Waals surface area (Å²) in [5.74, 6) is 2.17. The largest absolute Gasteiger partial charge is 0.497 e. The fourth-order valence-corrected chi connectivity index (χ4v) is 5.10. The van der Waals surface area contributed by atoms with E-state index in [1.807, 2.05) is 30.3 Å². The first-order valence-electron chi connectivity index (χ1n) is 12.2. The standard InChI is InChI=1S/C27H31N3O5/c1-33-22-5-3-20-4-6-26(32)30(23(20)16-22)10-2-7-27(19-31)8-11-29(12-9-27)18-21-15-24-25(17-28-21)35-14-13-34-24/h3-6,15-17,19H,2,7-14,18H2,1H3. The number of rotatable bonds is 8. The van der Waals surface area contributed by atoms with Gasteiger partial charge in [0.1, 0.15) is 25.2 Å². The van der Waals surface area contributed by atoms with E-state index in [9.17, 15) is 9.59 Å². The minimum Gasteiger partial charge on any atom is -0.497 e. The van der Waals surface area contributed by atoms with Gasteiger partial charge in [-0.25, -0.2) is 0 Å². The van der Waals surface area contributed by atoms with Crippen molar-refractivity contribution in [1.82, 2.24) is 14.5 Å². The molecule has 2 aliphatic heterocycles. The van der Waals surface area contributed by atoms with Gasteiger partial charge < -0.3 is 23.6 Å². The lowest BCUT2D eigenvalue weighted by Gasteiger charge is -2.38. The molecule has 4 heterocycles. The lowest BCUT2D eigenvalue weighted by atomic mass is 9.76. The number of nitrogens with zero attached hydrogens (tertiary/aromatic N) is 3. The fourth-order valence-electron chi connectivity index (χ4n) is 5.10. The maximum Gasteiger partial charge on any atom is 0.251 e. The second-order valence-corrected chi connectivity index (χ2v) is 9.43. The van der Waals surface area contributed by atoms with E-state index in [-0.39, 0.29) is 11.0 Å². The van der Waals surface area contributed by atoms with E-state index in [0.29, 0.717) is 25.5 Å². The highest BCUT2D eigenvalue weighted by atomic mass is 16.6. The van der Waals surface area contributed by atoms with Crippen LogP contribution in [0.25, 0.3) is 10.9 Å². The van der Waals surface area contributed by atoms with Gasteiger partial charge in [0.15, 0.2) is 11.5 Å². The minimum atomic E-state index is -0.345. The molecular weight excluding hydrogens is 446 g/mol. The van der Waals surface area contributed by atoms with Crippen molar-refractivity contribution in [2.24, 2.45) is 5.41 Å². The Balaban J connectivity index is 1.20. The molecule has 0 bridgehead atoms. The highest BCUT2D eigenvalue weighted by molar-refractivity contribution is 5.80. The Labute approximate surface area is 204 Å². The Morgan fingerprint density at radius 3 is 2.63 bits per heavy atom. The highest BCUT2D eigenvalue weighted by Gasteiger charge is 2.34. The van der Waals surface area contributed by atoms with Crippen LogP contribution in [-0.2, 0) is 17.9 Å². The van der Waals surface area contributed by atoms with E-state index in [1.54, 1.807) is 23.9 Å². The van der Waals surface area contributed by atoms with Crippen LogP contribution in [0, 0.1) is 5.41 Å². The van der Waals surface area contributed by atoms with Crippen LogP contribution in [0.5, 0.6) is 17.2 Å². The number of methoxy groups -OCH3 is 1. The Morgan fingerprint density at radius 2 is 1.86 bits per heavy atom. The molecule has 2 aliphatic rings. The SMILES string of the molecule is COc1ccc2ccc(=O)n(CCCC3(C=O)CCN(Cc4cc5c(cn4)OCCO5)CC3)c2c1. The molecule has 184 valence electrons. The van der Waals surface area contributed by atoms with Crippen molar-refractivity contribution in [2.75, 3.05) is 33.4 Å². The summed E-state index contributed by atoms with van der Waals surface area (Å²) in [4.78, 5) is 31.6. The molecule has 3 aromatic rings. The average molecular weight is 478 g/mol. The van der Waals surface area contributed by atoms with Gasteiger partial charge in [-0.05, 0) is 62.4 Å². The van der Waals surface area contributed by atoms with Crippen LogP contribution in [0.1, 0.15) is 31.4 Å². The predicted molar refractivity (Wildman–Crippen MR) is 132 cm³/mol. The maximum absolute atomic E-state index is 12.6. The Morgan fingerprint density at radius 1 is 1.09 bits per heavy atom. The zero-order valence-corrected chi connectivity index (χ0v) is 20.1. The number of carbonyl (C=O) groups excluding carboxylic acids is 1. The third kappa shape index (κ3) is 5.03. The van der Waals surface area contributed by atoms with Crippen molar-refractivity contribution < 1.29 is 19.0 Å². The molecule has 1 saturated heterocycles. The molecule has 8 heteroatoms. The van der Waals surface area contributed by atoms with Crippen LogP contribution in [0.15, 0.2) is 47.4 Å². The first-order chi connectivity index (χ1) is 17.1. The van der Waals surface area contributed by atoms with Crippen molar-refractivity contribution in [3.8, 4) is 17.2 Å². The monoisotopic (exact) mass is 477 g/mol. The number of fused-ring (bicyclic) bond motifs is 2. The number of carbonyl (C=O) groups is 1. The van der Waals surface area contributed by atoms with Gasteiger partial charge in [-0.15, -0.1) is 0 Å². The summed E-state index contributed by atoms with van der Waals surface area (Å²) in [6, 6.07) is 11.2. The number of hydrogen-bond donors (Lipinski definition) is 0. The maximum atomic E-state index is 12.6. The zero-order valence-electron chi connectivity index (χ0n) is 20.1. The normalized spacial score (nSPS) is 17.3. The van der Waals surface area contributed by atoms with Gasteiger partial charge in [0.25, 0.3) is 5.56 Å². The van der Waals surface area contributed by atoms with Crippen LogP contribution >= 0.6 is 0 Å². The molecule has 5 rings (SSSR count). The average Bonchev–Trinajstić information content (AvgIpc) is 2.90. The number of pyridine rings is 2. The summed E-state index contributed by atoms with van der Waals surface area (Å²) in [5.41, 5.74) is 1.42. The number of aldehydes is 1. The van der Waals surface area contributed by atoms with Crippen molar-refractivity contribution in [3.63, 3.8) is 0 Å². The highest BCUT2D eigenvalue weighted by Crippen LogP contribution is 2.35. The van der Waals surface area contributed by atoms with Gasteiger partial charge in [0.2, 0.25) is 0 Å². The van der Waals surface area contributed by atoms with Gasteiger partial charge in [-0.1, -0.05) is 0 Å². The molecule has 35 heavy (non-hydrogen) atoms. The summed E-state index contributed by atoms with van der Waals surface area (Å²) < 4.78 is 18.4. The van der Waals surface area contributed by atoms with E-state index in [0.717, 1.165) is 79.7 Å². The van der Waals surface area contributed by atoms with Gasteiger partial charge in [0, 0.05) is 36.7 Å². The van der Waals surface area contributed by atoms with Crippen LogP contribution in [0.2, 0.25) is 0 Å². The van der Waals surface area contributed by atoms with Crippen molar-refractivity contribution in [3.05, 3.63) is 58.6 Å². The molecule has 0 unspecified atom stereocenters. The summed E-state index contributed by atoms with van der Waals surface area (Å²) in [7, 11) is 1.62. The number of ether oxygens (including phenoxy) is 3. The first kappa shape index (κ1) is 23.4. The van der Waals surface area contributed by atoms with Gasteiger partial charge in [-0.3, -0.25) is 14.7 Å². The number of aromatic nitrogens is 2. The molecule has 0 spiro atoms. The van der Waals surface area contributed by atoms with Crippen LogP contribution in [-0.4, -0.2) is 54.2 Å². The Kier molecular flexibility index (Phi) is 6.72. The Bertz CT molecular complexity index is 1260. The van der Waals surface area contributed by atoms with Crippen LogP contribution in [0.4, 0.5) is 0 Å². The topological polar surface area (TPSA) is 82.9 Å². The third-order valence-electron chi connectivity index (χ3n) is 7.23. The molecular formula is C27H31N3O5. The number of likely N-dealkylation sites (tertiary alicyclic amines) is 1. The van der Waals surface area contributed by atoms with E-state index in [4.69, 9.17) is 14.2 Å². The fraction of sp³-hybridized carbons (Fsp3) is 0.444. The van der Waals surface area contributed by atoms with Crippen LogP contribution < -0.4 is 19.8 Å². The number of benzene rings is 1. The predicted octanol–water partition coefficient (Wildman–Crippen LogP) is 3.44. The second kappa shape index (κ2) is 10.1. The summed E-state index contributed by atoms with van der Waals surface area (Å²) in [6.07, 6.45) is 6.01. The molecule has 1 aromatic carbocycles. The molecule has 1 fully saturated rings. The van der Waals surface area contributed by atoms with Crippen molar-refractivity contribution in [1.29, 1.82) is 0 Å². The molecule has 0 saturated carbocycles. The summed E-state index contributed by atoms with van der Waals surface area (Å²) in [6.45, 7) is 4.07. The van der Waals surface area contributed by atoms with E-state index < -0.39 is 0 Å².